The van der Waals surface area contributed by atoms with Gasteiger partial charge in [0.25, 0.3) is 11.8 Å². The number of anilines is 3. The smallest absolute Gasteiger partial charge is 0.410 e. The highest BCUT2D eigenvalue weighted by atomic mass is 32.1. The van der Waals surface area contributed by atoms with E-state index in [9.17, 15) is 62.6 Å². The van der Waals surface area contributed by atoms with Gasteiger partial charge in [-0.15, -0.1) is 0 Å². The van der Waals surface area contributed by atoms with Crippen molar-refractivity contribution in [1.82, 2.24) is 40.2 Å². The van der Waals surface area contributed by atoms with Crippen LogP contribution >= 0.6 is 18.9 Å². The number of imide groups is 2. The number of carbonyl (C=O) groups excluding carboxylic acids is 8. The van der Waals surface area contributed by atoms with E-state index in [0.717, 1.165) is 76.2 Å². The molecule has 548 valence electrons. The zero-order valence-electron chi connectivity index (χ0n) is 58.6. The van der Waals surface area contributed by atoms with E-state index < -0.39 is 73.2 Å². The molecule has 6 aromatic rings. The fourth-order valence-corrected chi connectivity index (χ4v) is 18.2. The standard InChI is InChI=1S/C73H90N13O15PS/c1-45(2)61(79-58(87)17-7-6-10-29-84-59(88)26-27-60(84)89)64(91)80-63(90)55(15-11-28-74)86(66(75)94)50-22-18-47(19-23-50)37-100-69(96)82(32-34-102(97,98)99)31-33-101-73-41-70(4)38-71(5,42-73)40-72(39-70,43-73)44-85-46(3)52(36-76-85)51-24-25-53(77-62(51)65(92)93)49-21-20-48-13-12-30-83(56(48)35-49)68(95)81-67-78-54-14-8-9-16-57(54)103-67/h8-9,14,16,18-27,35-36,45,55,61H,6-7,10-13,15,17,28-34,37-44,74H2,1-5H3,(H2,75,94)(H,79,87)(H,92,93)(H,78,81,95)(H,80,90,91)(H2,97,98,99)/t55-,61-,70?,71?,72?,73?/m0/s1. The molecular formula is C73H90N13O15PS. The number of hydrogen-bond donors (Lipinski definition) is 8. The summed E-state index contributed by atoms with van der Waals surface area (Å²) in [5.74, 6) is -4.59. The molecule has 4 saturated carbocycles. The summed E-state index contributed by atoms with van der Waals surface area (Å²) in [5.41, 5.74) is 16.4. The maximum atomic E-state index is 14.0. The molecule has 4 atom stereocenters. The molecule has 6 aliphatic rings. The molecule has 0 radical (unpaired) electrons. The number of amides is 10. The topological polar surface area (TPSA) is 395 Å². The van der Waals surface area contributed by atoms with Crippen molar-refractivity contribution in [3.05, 3.63) is 120 Å². The Morgan fingerprint density at radius 1 is 0.835 bits per heavy atom. The lowest BCUT2D eigenvalue weighted by Gasteiger charge is -2.69. The highest BCUT2D eigenvalue weighted by Crippen LogP contribution is 2.72. The van der Waals surface area contributed by atoms with Gasteiger partial charge in [-0.05, 0) is 166 Å². The van der Waals surface area contributed by atoms with E-state index in [-0.39, 0.29) is 104 Å². The highest BCUT2D eigenvalue weighted by molar-refractivity contribution is 7.51. The summed E-state index contributed by atoms with van der Waals surface area (Å²) < 4.78 is 28.0. The number of hydrogen-bond acceptors (Lipinski definition) is 17. The minimum atomic E-state index is -4.60. The van der Waals surface area contributed by atoms with Crippen molar-refractivity contribution in [2.45, 2.75) is 155 Å². The number of carbonyl (C=O) groups is 9. The Bertz CT molecular complexity index is 4270. The summed E-state index contributed by atoms with van der Waals surface area (Å²) >= 11 is 1.40. The average molecular weight is 1450 g/mol. The van der Waals surface area contributed by atoms with Gasteiger partial charge in [0.05, 0.1) is 40.5 Å². The van der Waals surface area contributed by atoms with Crippen LogP contribution in [-0.2, 0) is 57.6 Å². The van der Waals surface area contributed by atoms with Gasteiger partial charge < -0.3 is 46.1 Å². The molecule has 5 heterocycles. The first-order chi connectivity index (χ1) is 48.9. The van der Waals surface area contributed by atoms with E-state index in [1.807, 2.05) is 54.1 Å². The normalized spacial score (nSPS) is 21.0. The number of fused-ring (bicyclic) bond motifs is 2. The number of rotatable bonds is 30. The minimum Gasteiger partial charge on any atom is -0.476 e. The third-order valence-corrected chi connectivity index (χ3v) is 22.1. The molecule has 10 N–H and O–H groups in total. The maximum Gasteiger partial charge on any atom is 0.410 e. The summed E-state index contributed by atoms with van der Waals surface area (Å²) in [5, 5.41) is 24.2. The molecule has 2 unspecified atom stereocenters. The molecule has 2 aliphatic heterocycles. The second-order valence-corrected chi connectivity index (χ2v) is 32.1. The Hall–Kier alpha value is -9.25. The molecule has 10 amide bonds. The Morgan fingerprint density at radius 3 is 2.24 bits per heavy atom. The zero-order valence-corrected chi connectivity index (χ0v) is 60.3. The number of nitrogens with zero attached hydrogens (tertiary/aromatic N) is 8. The molecule has 12 rings (SSSR count). The van der Waals surface area contributed by atoms with Crippen molar-refractivity contribution in [1.29, 1.82) is 0 Å². The van der Waals surface area contributed by atoms with Gasteiger partial charge in [-0.2, -0.15) is 5.10 Å². The first-order valence-electron chi connectivity index (χ1n) is 34.9. The van der Waals surface area contributed by atoms with E-state index >= 15 is 0 Å². The lowest BCUT2D eigenvalue weighted by molar-refractivity contribution is -0.248. The Balaban J connectivity index is 0.716. The summed E-state index contributed by atoms with van der Waals surface area (Å²) in [6.45, 7) is 10.5. The number of para-hydroxylation sites is 1. The Labute approximate surface area is 600 Å². The van der Waals surface area contributed by atoms with Crippen molar-refractivity contribution in [3.8, 4) is 22.4 Å². The number of ether oxygens (including phenoxy) is 2. The minimum absolute atomic E-state index is 0.00597. The van der Waals surface area contributed by atoms with Gasteiger partial charge in [0.2, 0.25) is 17.7 Å². The number of carboxylic acids is 1. The molecular weight excluding hydrogens is 1360 g/mol. The fraction of sp³-hybridized carbons (Fsp3) is 0.479. The van der Waals surface area contributed by atoms with Crippen LogP contribution < -0.4 is 37.2 Å². The van der Waals surface area contributed by atoms with Gasteiger partial charge in [-0.3, -0.25) is 58.6 Å². The summed E-state index contributed by atoms with van der Waals surface area (Å²) in [7, 11) is -4.60. The fourth-order valence-electron chi connectivity index (χ4n) is 16.9. The predicted molar refractivity (Wildman–Crippen MR) is 385 cm³/mol. The number of nitrogens with one attached hydrogen (secondary N) is 3. The predicted octanol–water partition coefficient (Wildman–Crippen LogP) is 9.43. The van der Waals surface area contributed by atoms with Gasteiger partial charge in [0, 0.05) is 85.1 Å². The summed E-state index contributed by atoms with van der Waals surface area (Å²) in [6.07, 6.45) is 10.8. The van der Waals surface area contributed by atoms with Gasteiger partial charge in [0.1, 0.15) is 18.7 Å². The van der Waals surface area contributed by atoms with Crippen molar-refractivity contribution in [2.75, 3.05) is 60.6 Å². The Kier molecular flexibility index (Phi) is 22.5. The van der Waals surface area contributed by atoms with Crippen LogP contribution in [0.2, 0.25) is 0 Å². The quantitative estimate of drug-likeness (QED) is 0.0118. The third-order valence-electron chi connectivity index (χ3n) is 20.4. The van der Waals surface area contributed by atoms with Crippen LogP contribution in [0, 0.1) is 29.1 Å². The number of thiazole rings is 1. The van der Waals surface area contributed by atoms with Crippen molar-refractivity contribution in [2.24, 2.45) is 33.6 Å². The summed E-state index contributed by atoms with van der Waals surface area (Å²) in [4.78, 5) is 153. The monoisotopic (exact) mass is 1450 g/mol. The van der Waals surface area contributed by atoms with Gasteiger partial charge >= 0.3 is 31.7 Å². The van der Waals surface area contributed by atoms with Crippen molar-refractivity contribution in [3.63, 3.8) is 0 Å². The number of primary amides is 1. The number of benzene rings is 3. The molecule has 30 heteroatoms. The van der Waals surface area contributed by atoms with Crippen LogP contribution in [0.5, 0.6) is 0 Å². The number of urea groups is 2. The first-order valence-corrected chi connectivity index (χ1v) is 37.6. The lowest BCUT2D eigenvalue weighted by Crippen LogP contribution is -2.64. The number of carboxylic acid groups (broad SMARTS) is 1. The largest absolute Gasteiger partial charge is 0.476 e. The molecule has 4 bridgehead atoms. The first kappa shape index (κ1) is 74.9. The molecule has 4 fully saturated rings. The number of nitrogens with two attached hydrogens (primary N) is 2. The maximum absolute atomic E-state index is 14.0. The van der Waals surface area contributed by atoms with E-state index in [2.05, 4.69) is 34.8 Å². The van der Waals surface area contributed by atoms with Crippen LogP contribution in [0.3, 0.4) is 0 Å². The van der Waals surface area contributed by atoms with E-state index in [0.29, 0.717) is 77.5 Å². The molecule has 0 spiro atoms. The molecule has 3 aromatic carbocycles. The highest BCUT2D eigenvalue weighted by Gasteiger charge is 2.66. The van der Waals surface area contributed by atoms with E-state index in [1.165, 1.54) is 52.7 Å². The zero-order chi connectivity index (χ0) is 73.8. The van der Waals surface area contributed by atoms with Crippen LogP contribution in [0.25, 0.3) is 32.6 Å². The lowest BCUT2D eigenvalue weighted by atomic mass is 9.39. The van der Waals surface area contributed by atoms with Gasteiger partial charge in [-0.25, -0.2) is 29.1 Å². The molecule has 3 aromatic heterocycles. The average Bonchev–Trinajstić information content (AvgIpc) is 1.02. The number of aromatic nitrogens is 4. The Morgan fingerprint density at radius 2 is 1.56 bits per heavy atom. The van der Waals surface area contributed by atoms with Gasteiger partial charge in [-0.1, -0.05) is 81.9 Å². The van der Waals surface area contributed by atoms with Crippen LogP contribution in [-0.4, -0.2) is 161 Å². The number of pyridine rings is 1. The van der Waals surface area contributed by atoms with Crippen molar-refractivity contribution < 1.29 is 72.1 Å². The van der Waals surface area contributed by atoms with E-state index in [4.69, 9.17) is 31.0 Å². The van der Waals surface area contributed by atoms with Crippen LogP contribution in [0.4, 0.5) is 30.9 Å². The SMILES string of the molecule is Cc1c(-c2ccc(-c3ccc4c(c3)N(C(=O)Nc3nc5ccccc5s3)CCC4)nc2C(=O)O)cnn1CC12CC3(C)CC(C)(C1)CC(OCCN(CCP(=O)(O)O)C(=O)OCc1ccc(N(C(N)=O)[C@@H](CCCN)C(=O)NC(=O)[C@@H](NC(=O)CCCCCN4C(=O)C=CC4=O)C(C)C)cc1)(C3)C2. The number of aryl methyl sites for hydroxylation is 1. The molecule has 28 nitrogen and oxygen atoms in total. The molecule has 103 heavy (non-hydrogen) atoms. The summed E-state index contributed by atoms with van der Waals surface area (Å²) in [6, 6.07) is 19.2. The van der Waals surface area contributed by atoms with Crippen molar-refractivity contribution >= 4 is 99.3 Å². The third kappa shape index (κ3) is 17.5. The van der Waals surface area contributed by atoms with Gasteiger partial charge in [0.15, 0.2) is 10.8 Å². The second-order valence-electron chi connectivity index (χ2n) is 29.3. The van der Waals surface area contributed by atoms with Crippen LogP contribution in [0.1, 0.15) is 138 Å². The molecule has 4 aliphatic carbocycles. The van der Waals surface area contributed by atoms with E-state index in [1.54, 1.807) is 37.1 Å². The molecule has 0 saturated heterocycles. The number of aromatic carboxylic acids is 1. The number of unbranched alkanes of at least 4 members (excludes halogenated alkanes) is 2. The second kappa shape index (κ2) is 31.0. The van der Waals surface area contributed by atoms with Crippen LogP contribution in [0.15, 0.2) is 97.2 Å².